The molecule has 3 N–H and O–H groups in total. The predicted octanol–water partition coefficient (Wildman–Crippen LogP) is 2.54. The first-order valence-corrected chi connectivity index (χ1v) is 8.05. The summed E-state index contributed by atoms with van der Waals surface area (Å²) in [6, 6.07) is 17.0. The van der Waals surface area contributed by atoms with Crippen LogP contribution in [0.15, 0.2) is 54.6 Å². The number of carbonyl (C=O) groups is 2. The molecule has 2 aromatic carbocycles. The van der Waals surface area contributed by atoms with Crippen LogP contribution in [0.2, 0.25) is 0 Å². The third-order valence-electron chi connectivity index (χ3n) is 3.32. The molecule has 0 heterocycles. The van der Waals surface area contributed by atoms with E-state index in [1.807, 2.05) is 42.5 Å². The van der Waals surface area contributed by atoms with E-state index >= 15 is 0 Å². The molecule has 0 fully saturated rings. The van der Waals surface area contributed by atoms with Gasteiger partial charge in [0.15, 0.2) is 0 Å². The van der Waals surface area contributed by atoms with Crippen LogP contribution in [0.4, 0.5) is 10.5 Å². The fourth-order valence-corrected chi connectivity index (χ4v) is 2.14. The number of carbonyl (C=O) groups excluding carboxylic acids is 2. The van der Waals surface area contributed by atoms with Crippen molar-refractivity contribution in [2.24, 2.45) is 0 Å². The highest BCUT2D eigenvalue weighted by atomic mass is 16.2. The molecular weight excluding hydrogens is 314 g/mol. The third kappa shape index (κ3) is 7.23. The minimum Gasteiger partial charge on any atom is -0.338 e. The summed E-state index contributed by atoms with van der Waals surface area (Å²) in [7, 11) is 0. The number of amides is 3. The van der Waals surface area contributed by atoms with Gasteiger partial charge in [-0.1, -0.05) is 42.2 Å². The highest BCUT2D eigenvalue weighted by Gasteiger charge is 1.98. The number of urea groups is 1. The average molecular weight is 335 g/mol. The summed E-state index contributed by atoms with van der Waals surface area (Å²) in [5, 5.41) is 8.19. The van der Waals surface area contributed by atoms with Crippen LogP contribution in [0.3, 0.4) is 0 Å². The van der Waals surface area contributed by atoms with Gasteiger partial charge in [-0.2, -0.15) is 0 Å². The first kappa shape index (κ1) is 18.1. The van der Waals surface area contributed by atoms with Crippen LogP contribution in [-0.2, 0) is 11.2 Å². The molecule has 0 saturated carbocycles. The monoisotopic (exact) mass is 335 g/mol. The normalized spacial score (nSPS) is 9.48. The molecule has 0 bridgehead atoms. The zero-order valence-corrected chi connectivity index (χ0v) is 14.1. The largest absolute Gasteiger partial charge is 0.338 e. The van der Waals surface area contributed by atoms with Crippen LogP contribution in [-0.4, -0.2) is 25.0 Å². The Morgan fingerprint density at radius 3 is 2.36 bits per heavy atom. The molecule has 128 valence electrons. The molecule has 3 amide bonds. The Bertz CT molecular complexity index is 759. The van der Waals surface area contributed by atoms with Crippen LogP contribution in [0.1, 0.15) is 18.1 Å². The van der Waals surface area contributed by atoms with Crippen molar-refractivity contribution in [2.45, 2.75) is 13.3 Å². The van der Waals surface area contributed by atoms with Crippen molar-refractivity contribution in [3.8, 4) is 11.8 Å². The van der Waals surface area contributed by atoms with Crippen LogP contribution in [0.5, 0.6) is 0 Å². The van der Waals surface area contributed by atoms with Crippen molar-refractivity contribution in [1.82, 2.24) is 10.6 Å². The SMILES string of the molecule is CC(=O)Nc1ccc(C#CCNC(=O)NCCc2ccccc2)cc1. The van der Waals surface area contributed by atoms with E-state index in [0.29, 0.717) is 6.54 Å². The molecule has 0 unspecified atom stereocenters. The Morgan fingerprint density at radius 1 is 0.960 bits per heavy atom. The van der Waals surface area contributed by atoms with Crippen molar-refractivity contribution in [3.63, 3.8) is 0 Å². The minimum absolute atomic E-state index is 0.110. The molecule has 0 aliphatic carbocycles. The van der Waals surface area contributed by atoms with Gasteiger partial charge in [0.25, 0.3) is 0 Å². The van der Waals surface area contributed by atoms with Gasteiger partial charge in [0.1, 0.15) is 0 Å². The molecular formula is C20H21N3O2. The van der Waals surface area contributed by atoms with Crippen molar-refractivity contribution in [2.75, 3.05) is 18.4 Å². The first-order chi connectivity index (χ1) is 12.1. The number of rotatable bonds is 5. The summed E-state index contributed by atoms with van der Waals surface area (Å²) in [5.41, 5.74) is 2.74. The van der Waals surface area contributed by atoms with Gasteiger partial charge in [-0.05, 0) is 36.2 Å². The molecule has 25 heavy (non-hydrogen) atoms. The van der Waals surface area contributed by atoms with Gasteiger partial charge < -0.3 is 16.0 Å². The zero-order chi connectivity index (χ0) is 17.9. The standard InChI is InChI=1S/C20H21N3O2/c1-16(24)23-19-11-9-18(10-12-19)8-5-14-21-20(25)22-15-13-17-6-3-2-4-7-17/h2-4,6-7,9-12H,13-15H2,1H3,(H,23,24)(H2,21,22,25). The first-order valence-electron chi connectivity index (χ1n) is 8.05. The minimum atomic E-state index is -0.230. The third-order valence-corrected chi connectivity index (χ3v) is 3.32. The van der Waals surface area contributed by atoms with Gasteiger partial charge in [0.2, 0.25) is 5.91 Å². The molecule has 2 aromatic rings. The lowest BCUT2D eigenvalue weighted by atomic mass is 10.1. The number of hydrogen-bond donors (Lipinski definition) is 3. The summed E-state index contributed by atoms with van der Waals surface area (Å²) in [6.07, 6.45) is 0.792. The predicted molar refractivity (Wildman–Crippen MR) is 99.2 cm³/mol. The van der Waals surface area contributed by atoms with E-state index in [-0.39, 0.29) is 18.5 Å². The Hall–Kier alpha value is -3.26. The van der Waals surface area contributed by atoms with Crippen molar-refractivity contribution < 1.29 is 9.59 Å². The quantitative estimate of drug-likeness (QED) is 0.735. The summed E-state index contributed by atoms with van der Waals surface area (Å²) in [5.74, 6) is 5.74. The van der Waals surface area contributed by atoms with E-state index in [9.17, 15) is 9.59 Å². The average Bonchev–Trinajstić information content (AvgIpc) is 2.60. The molecule has 2 rings (SSSR count). The maximum absolute atomic E-state index is 11.7. The molecule has 0 spiro atoms. The van der Waals surface area contributed by atoms with E-state index in [1.54, 1.807) is 12.1 Å². The second-order valence-electron chi connectivity index (χ2n) is 5.41. The second kappa shape index (κ2) is 9.78. The van der Waals surface area contributed by atoms with Crippen molar-refractivity contribution in [3.05, 3.63) is 65.7 Å². The van der Waals surface area contributed by atoms with Gasteiger partial charge in [-0.3, -0.25) is 4.79 Å². The van der Waals surface area contributed by atoms with Crippen molar-refractivity contribution >= 4 is 17.6 Å². The highest BCUT2D eigenvalue weighted by molar-refractivity contribution is 5.88. The van der Waals surface area contributed by atoms with Gasteiger partial charge >= 0.3 is 6.03 Å². The maximum Gasteiger partial charge on any atom is 0.315 e. The Balaban J connectivity index is 1.67. The number of benzene rings is 2. The number of hydrogen-bond acceptors (Lipinski definition) is 2. The molecule has 0 aliphatic rings. The zero-order valence-electron chi connectivity index (χ0n) is 14.1. The summed E-state index contributed by atoms with van der Waals surface area (Å²) >= 11 is 0. The van der Waals surface area contributed by atoms with Crippen LogP contribution in [0, 0.1) is 11.8 Å². The Labute approximate surface area is 147 Å². The Kier molecular flexibility index (Phi) is 7.08. The lowest BCUT2D eigenvalue weighted by molar-refractivity contribution is -0.114. The van der Waals surface area contributed by atoms with Gasteiger partial charge in [0.05, 0.1) is 6.54 Å². The molecule has 0 atom stereocenters. The molecule has 0 radical (unpaired) electrons. The lowest BCUT2D eigenvalue weighted by Crippen LogP contribution is -2.36. The summed E-state index contributed by atoms with van der Waals surface area (Å²) in [6.45, 7) is 2.31. The van der Waals surface area contributed by atoms with E-state index in [2.05, 4.69) is 27.8 Å². The van der Waals surface area contributed by atoms with Crippen molar-refractivity contribution in [1.29, 1.82) is 0 Å². The molecule has 0 saturated heterocycles. The Morgan fingerprint density at radius 2 is 1.68 bits per heavy atom. The molecule has 5 nitrogen and oxygen atoms in total. The fraction of sp³-hybridized carbons (Fsp3) is 0.200. The second-order valence-corrected chi connectivity index (χ2v) is 5.41. The maximum atomic E-state index is 11.7. The van der Waals surface area contributed by atoms with Gasteiger partial charge in [0, 0.05) is 24.7 Å². The van der Waals surface area contributed by atoms with E-state index in [0.717, 1.165) is 17.7 Å². The number of anilines is 1. The lowest BCUT2D eigenvalue weighted by Gasteiger charge is -2.05. The molecule has 0 aliphatic heterocycles. The summed E-state index contributed by atoms with van der Waals surface area (Å²) in [4.78, 5) is 22.6. The summed E-state index contributed by atoms with van der Waals surface area (Å²) < 4.78 is 0. The van der Waals surface area contributed by atoms with E-state index in [4.69, 9.17) is 0 Å². The van der Waals surface area contributed by atoms with Crippen LogP contribution < -0.4 is 16.0 Å². The number of nitrogens with one attached hydrogen (secondary N) is 3. The topological polar surface area (TPSA) is 70.2 Å². The smallest absolute Gasteiger partial charge is 0.315 e. The van der Waals surface area contributed by atoms with Gasteiger partial charge in [-0.25, -0.2) is 4.79 Å². The molecule has 5 heteroatoms. The fourth-order valence-electron chi connectivity index (χ4n) is 2.14. The van der Waals surface area contributed by atoms with Crippen LogP contribution >= 0.6 is 0 Å². The van der Waals surface area contributed by atoms with Crippen LogP contribution in [0.25, 0.3) is 0 Å². The van der Waals surface area contributed by atoms with E-state index in [1.165, 1.54) is 12.5 Å². The van der Waals surface area contributed by atoms with E-state index < -0.39 is 0 Å². The van der Waals surface area contributed by atoms with Gasteiger partial charge in [-0.15, -0.1) is 0 Å². The highest BCUT2D eigenvalue weighted by Crippen LogP contribution is 2.08. The molecule has 0 aromatic heterocycles.